The van der Waals surface area contributed by atoms with Gasteiger partial charge in [0.1, 0.15) is 5.75 Å². The van der Waals surface area contributed by atoms with Crippen molar-refractivity contribution < 1.29 is 9.47 Å². The minimum absolute atomic E-state index is 0.638. The number of guanidine groups is 1. The van der Waals surface area contributed by atoms with E-state index < -0.39 is 0 Å². The molecule has 0 fully saturated rings. The van der Waals surface area contributed by atoms with Gasteiger partial charge in [-0.2, -0.15) is 0 Å². The van der Waals surface area contributed by atoms with E-state index in [1.807, 2.05) is 42.5 Å². The van der Waals surface area contributed by atoms with E-state index in [-0.39, 0.29) is 0 Å². The van der Waals surface area contributed by atoms with E-state index in [0.717, 1.165) is 49.8 Å². The molecular weight excluding hydrogens is 338 g/mol. The van der Waals surface area contributed by atoms with Crippen molar-refractivity contribution in [2.75, 3.05) is 26.8 Å². The second-order valence-corrected chi connectivity index (χ2v) is 6.22. The molecule has 2 aromatic rings. The van der Waals surface area contributed by atoms with Gasteiger partial charge in [-0.25, -0.2) is 4.99 Å². The highest BCUT2D eigenvalue weighted by molar-refractivity contribution is 5.79. The standard InChI is InChI=1S/C22H31N3O2/c1-3-23-22(25-17-19-11-13-21(26-2)14-12-19)24-15-7-8-16-27-18-20-9-5-4-6-10-20/h4-6,9-14H,3,7-8,15-18H2,1-2H3,(H2,23,24,25). The van der Waals surface area contributed by atoms with Crippen LogP contribution >= 0.6 is 0 Å². The molecule has 0 heterocycles. The largest absolute Gasteiger partial charge is 0.497 e. The molecular formula is C22H31N3O2. The highest BCUT2D eigenvalue weighted by atomic mass is 16.5. The van der Waals surface area contributed by atoms with Gasteiger partial charge in [-0.3, -0.25) is 0 Å². The molecule has 27 heavy (non-hydrogen) atoms. The minimum atomic E-state index is 0.638. The number of hydrogen-bond acceptors (Lipinski definition) is 3. The highest BCUT2D eigenvalue weighted by Crippen LogP contribution is 2.11. The summed E-state index contributed by atoms with van der Waals surface area (Å²) in [5, 5.41) is 6.66. The SMILES string of the molecule is CCNC(=NCc1ccc(OC)cc1)NCCCCOCc1ccccc1. The molecule has 0 bridgehead atoms. The van der Waals surface area contributed by atoms with Crippen LogP contribution in [0.15, 0.2) is 59.6 Å². The highest BCUT2D eigenvalue weighted by Gasteiger charge is 1.99. The van der Waals surface area contributed by atoms with E-state index >= 15 is 0 Å². The predicted octanol–water partition coefficient (Wildman–Crippen LogP) is 3.75. The molecule has 2 N–H and O–H groups in total. The van der Waals surface area contributed by atoms with Crippen LogP contribution in [0.25, 0.3) is 0 Å². The van der Waals surface area contributed by atoms with Crippen LogP contribution in [-0.4, -0.2) is 32.8 Å². The van der Waals surface area contributed by atoms with E-state index in [9.17, 15) is 0 Å². The third-order valence-corrected chi connectivity index (χ3v) is 4.04. The molecule has 0 amide bonds. The monoisotopic (exact) mass is 369 g/mol. The first-order chi connectivity index (χ1) is 13.3. The summed E-state index contributed by atoms with van der Waals surface area (Å²) in [5.74, 6) is 1.71. The van der Waals surface area contributed by atoms with Crippen molar-refractivity contribution in [3.8, 4) is 5.75 Å². The molecule has 0 saturated carbocycles. The summed E-state index contributed by atoms with van der Waals surface area (Å²) >= 11 is 0. The Hall–Kier alpha value is -2.53. The second-order valence-electron chi connectivity index (χ2n) is 6.22. The van der Waals surface area contributed by atoms with Gasteiger partial charge in [0.25, 0.3) is 0 Å². The first-order valence-electron chi connectivity index (χ1n) is 9.58. The van der Waals surface area contributed by atoms with Gasteiger partial charge in [-0.1, -0.05) is 42.5 Å². The average molecular weight is 370 g/mol. The number of methoxy groups -OCH3 is 1. The number of unbranched alkanes of at least 4 members (excludes halogenated alkanes) is 1. The number of ether oxygens (including phenoxy) is 2. The van der Waals surface area contributed by atoms with Crippen LogP contribution in [-0.2, 0) is 17.9 Å². The number of rotatable bonds is 11. The fraction of sp³-hybridized carbons (Fsp3) is 0.409. The number of nitrogens with zero attached hydrogens (tertiary/aromatic N) is 1. The lowest BCUT2D eigenvalue weighted by molar-refractivity contribution is 0.117. The Labute approximate surface area is 162 Å². The predicted molar refractivity (Wildman–Crippen MR) is 111 cm³/mol. The van der Waals surface area contributed by atoms with Gasteiger partial charge in [0.2, 0.25) is 0 Å². The van der Waals surface area contributed by atoms with Crippen molar-refractivity contribution in [3.63, 3.8) is 0 Å². The molecule has 0 aliphatic carbocycles. The quantitative estimate of drug-likeness (QED) is 0.360. The number of hydrogen-bond donors (Lipinski definition) is 2. The topological polar surface area (TPSA) is 54.9 Å². The van der Waals surface area contributed by atoms with Crippen molar-refractivity contribution >= 4 is 5.96 Å². The van der Waals surface area contributed by atoms with Crippen molar-refractivity contribution in [1.29, 1.82) is 0 Å². The molecule has 5 heteroatoms. The van der Waals surface area contributed by atoms with E-state index in [2.05, 4.69) is 34.7 Å². The Morgan fingerprint density at radius 3 is 2.41 bits per heavy atom. The lowest BCUT2D eigenvalue weighted by Gasteiger charge is -2.11. The second kappa shape index (κ2) is 12.8. The zero-order chi connectivity index (χ0) is 19.2. The third kappa shape index (κ3) is 8.60. The van der Waals surface area contributed by atoms with Gasteiger partial charge in [-0.05, 0) is 43.0 Å². The summed E-state index contributed by atoms with van der Waals surface area (Å²) in [6.45, 7) is 5.88. The molecule has 2 aromatic carbocycles. The maximum absolute atomic E-state index is 5.71. The molecule has 2 rings (SSSR count). The maximum Gasteiger partial charge on any atom is 0.191 e. The Bertz CT molecular complexity index is 657. The number of benzene rings is 2. The molecule has 0 radical (unpaired) electrons. The van der Waals surface area contributed by atoms with Crippen LogP contribution in [0.3, 0.4) is 0 Å². The molecule has 0 aliphatic heterocycles. The molecule has 0 unspecified atom stereocenters. The summed E-state index contributed by atoms with van der Waals surface area (Å²) < 4.78 is 10.9. The fourth-order valence-electron chi connectivity index (χ4n) is 2.54. The van der Waals surface area contributed by atoms with Gasteiger partial charge in [0.15, 0.2) is 5.96 Å². The number of nitrogens with one attached hydrogen (secondary N) is 2. The van der Waals surface area contributed by atoms with E-state index in [1.165, 1.54) is 5.56 Å². The van der Waals surface area contributed by atoms with Gasteiger partial charge in [0.05, 0.1) is 20.3 Å². The Morgan fingerprint density at radius 2 is 1.70 bits per heavy atom. The summed E-state index contributed by atoms with van der Waals surface area (Å²) in [7, 11) is 1.67. The molecule has 0 aliphatic rings. The normalized spacial score (nSPS) is 11.3. The molecule has 0 aromatic heterocycles. The lowest BCUT2D eigenvalue weighted by atomic mass is 10.2. The van der Waals surface area contributed by atoms with Crippen LogP contribution < -0.4 is 15.4 Å². The van der Waals surface area contributed by atoms with Crippen molar-refractivity contribution in [2.45, 2.75) is 32.9 Å². The smallest absolute Gasteiger partial charge is 0.191 e. The van der Waals surface area contributed by atoms with E-state index in [0.29, 0.717) is 13.2 Å². The summed E-state index contributed by atoms with van der Waals surface area (Å²) in [4.78, 5) is 4.64. The van der Waals surface area contributed by atoms with Gasteiger partial charge < -0.3 is 20.1 Å². The van der Waals surface area contributed by atoms with Gasteiger partial charge in [-0.15, -0.1) is 0 Å². The third-order valence-electron chi connectivity index (χ3n) is 4.04. The van der Waals surface area contributed by atoms with Gasteiger partial charge in [0, 0.05) is 19.7 Å². The summed E-state index contributed by atoms with van der Waals surface area (Å²) in [6.07, 6.45) is 2.07. The van der Waals surface area contributed by atoms with E-state index in [4.69, 9.17) is 9.47 Å². The zero-order valence-electron chi connectivity index (χ0n) is 16.4. The molecule has 0 atom stereocenters. The van der Waals surface area contributed by atoms with Crippen LogP contribution in [0.1, 0.15) is 30.9 Å². The lowest BCUT2D eigenvalue weighted by Crippen LogP contribution is -2.37. The first kappa shape index (κ1) is 20.8. The van der Waals surface area contributed by atoms with Crippen molar-refractivity contribution in [2.24, 2.45) is 4.99 Å². The molecule has 0 spiro atoms. The fourth-order valence-corrected chi connectivity index (χ4v) is 2.54. The number of aliphatic imine (C=N–C) groups is 1. The Morgan fingerprint density at radius 1 is 0.926 bits per heavy atom. The van der Waals surface area contributed by atoms with Crippen molar-refractivity contribution in [1.82, 2.24) is 10.6 Å². The average Bonchev–Trinajstić information content (AvgIpc) is 2.72. The van der Waals surface area contributed by atoms with Crippen LogP contribution in [0, 0.1) is 0 Å². The van der Waals surface area contributed by atoms with E-state index in [1.54, 1.807) is 7.11 Å². The zero-order valence-corrected chi connectivity index (χ0v) is 16.4. The molecule has 5 nitrogen and oxygen atoms in total. The molecule has 146 valence electrons. The maximum atomic E-state index is 5.71. The van der Waals surface area contributed by atoms with Gasteiger partial charge >= 0.3 is 0 Å². The first-order valence-corrected chi connectivity index (χ1v) is 9.58. The van der Waals surface area contributed by atoms with Crippen LogP contribution in [0.4, 0.5) is 0 Å². The van der Waals surface area contributed by atoms with Crippen LogP contribution in [0.5, 0.6) is 5.75 Å². The van der Waals surface area contributed by atoms with Crippen molar-refractivity contribution in [3.05, 3.63) is 65.7 Å². The Kier molecular flexibility index (Phi) is 9.82. The summed E-state index contributed by atoms with van der Waals surface area (Å²) in [6, 6.07) is 18.3. The molecule has 0 saturated heterocycles. The Balaban J connectivity index is 1.63. The minimum Gasteiger partial charge on any atom is -0.497 e. The summed E-state index contributed by atoms with van der Waals surface area (Å²) in [5.41, 5.74) is 2.37. The van der Waals surface area contributed by atoms with Crippen LogP contribution in [0.2, 0.25) is 0 Å².